The lowest BCUT2D eigenvalue weighted by Crippen LogP contribution is -2.59. The van der Waals surface area contributed by atoms with Gasteiger partial charge in [0.15, 0.2) is 0 Å². The molecular weight excluding hydrogens is 236 g/mol. The number of piperidine rings is 1. The Morgan fingerprint density at radius 2 is 1.95 bits per heavy atom. The van der Waals surface area contributed by atoms with E-state index >= 15 is 0 Å². The Labute approximate surface area is 116 Å². The van der Waals surface area contributed by atoms with Gasteiger partial charge in [-0.05, 0) is 31.9 Å². The van der Waals surface area contributed by atoms with Gasteiger partial charge in [-0.15, -0.1) is 0 Å². The first-order chi connectivity index (χ1) is 8.95. The Morgan fingerprint density at radius 3 is 2.53 bits per heavy atom. The van der Waals surface area contributed by atoms with Crippen LogP contribution in [0.4, 0.5) is 0 Å². The highest BCUT2D eigenvalue weighted by molar-refractivity contribution is 5.74. The normalized spacial score (nSPS) is 32.0. The molecule has 0 bridgehead atoms. The average molecular weight is 260 g/mol. The molecule has 0 spiro atoms. The molecule has 3 heteroatoms. The molecule has 1 aliphatic rings. The topological polar surface area (TPSA) is 32.3 Å². The van der Waals surface area contributed by atoms with Gasteiger partial charge in [0.1, 0.15) is 0 Å². The van der Waals surface area contributed by atoms with Crippen molar-refractivity contribution in [2.75, 3.05) is 13.6 Å². The van der Waals surface area contributed by atoms with Crippen LogP contribution in [0.3, 0.4) is 0 Å². The molecule has 1 saturated heterocycles. The highest BCUT2D eigenvalue weighted by Crippen LogP contribution is 2.39. The van der Waals surface area contributed by atoms with E-state index in [4.69, 9.17) is 0 Å². The third kappa shape index (κ3) is 2.66. The molecule has 1 heterocycles. The van der Waals surface area contributed by atoms with E-state index < -0.39 is 0 Å². The minimum absolute atomic E-state index is 0.0486. The van der Waals surface area contributed by atoms with E-state index in [1.807, 2.05) is 6.07 Å². The Bertz CT molecular complexity index is 445. The molecule has 1 fully saturated rings. The van der Waals surface area contributed by atoms with E-state index in [0.717, 1.165) is 13.0 Å². The van der Waals surface area contributed by atoms with Gasteiger partial charge in [-0.2, -0.15) is 0 Å². The van der Waals surface area contributed by atoms with Crippen molar-refractivity contribution < 1.29 is 4.79 Å². The van der Waals surface area contributed by atoms with Gasteiger partial charge in [-0.25, -0.2) is 0 Å². The first-order valence-electron chi connectivity index (χ1n) is 7.00. The molecule has 1 N–H and O–H groups in total. The fraction of sp³-hybridized carbons (Fsp3) is 0.562. The van der Waals surface area contributed by atoms with Gasteiger partial charge in [0, 0.05) is 19.5 Å². The molecule has 1 aromatic rings. The van der Waals surface area contributed by atoms with E-state index in [9.17, 15) is 4.79 Å². The Morgan fingerprint density at radius 1 is 1.32 bits per heavy atom. The summed E-state index contributed by atoms with van der Waals surface area (Å²) < 4.78 is 0. The van der Waals surface area contributed by atoms with Crippen molar-refractivity contribution in [2.24, 2.45) is 5.92 Å². The molecule has 0 unspecified atom stereocenters. The van der Waals surface area contributed by atoms with Crippen LogP contribution in [-0.4, -0.2) is 30.4 Å². The molecule has 1 aliphatic heterocycles. The molecule has 19 heavy (non-hydrogen) atoms. The number of rotatable bonds is 2. The summed E-state index contributed by atoms with van der Waals surface area (Å²) in [5.74, 6) is 0.437. The van der Waals surface area contributed by atoms with Gasteiger partial charge in [0.25, 0.3) is 0 Å². The van der Waals surface area contributed by atoms with Crippen LogP contribution in [0.25, 0.3) is 0 Å². The largest absolute Gasteiger partial charge is 0.346 e. The van der Waals surface area contributed by atoms with Gasteiger partial charge in [0.2, 0.25) is 5.91 Å². The van der Waals surface area contributed by atoms with E-state index in [-0.39, 0.29) is 11.4 Å². The van der Waals surface area contributed by atoms with Gasteiger partial charge in [0.05, 0.1) is 5.54 Å². The SMILES string of the molecule is CC(=O)N[C@]1(c2ccccc2)C[C@H](C)N(C)C[C@@H]1C. The molecule has 0 aromatic heterocycles. The van der Waals surface area contributed by atoms with Crippen molar-refractivity contribution >= 4 is 5.91 Å². The minimum atomic E-state index is -0.237. The van der Waals surface area contributed by atoms with Crippen molar-refractivity contribution in [1.29, 1.82) is 0 Å². The van der Waals surface area contributed by atoms with Gasteiger partial charge in [-0.1, -0.05) is 37.3 Å². The minimum Gasteiger partial charge on any atom is -0.346 e. The summed E-state index contributed by atoms with van der Waals surface area (Å²) in [6.45, 7) is 7.06. The molecule has 1 amide bonds. The summed E-state index contributed by atoms with van der Waals surface area (Å²) in [5, 5.41) is 3.25. The zero-order valence-corrected chi connectivity index (χ0v) is 12.3. The van der Waals surface area contributed by atoms with E-state index in [0.29, 0.717) is 12.0 Å². The smallest absolute Gasteiger partial charge is 0.217 e. The lowest BCUT2D eigenvalue weighted by atomic mass is 9.71. The maximum Gasteiger partial charge on any atom is 0.217 e. The quantitative estimate of drug-likeness (QED) is 0.885. The Hall–Kier alpha value is -1.35. The van der Waals surface area contributed by atoms with Crippen LogP contribution in [0, 0.1) is 5.92 Å². The maximum absolute atomic E-state index is 11.7. The number of carbonyl (C=O) groups is 1. The fourth-order valence-electron chi connectivity index (χ4n) is 3.29. The van der Waals surface area contributed by atoms with Crippen LogP contribution < -0.4 is 5.32 Å². The summed E-state index contributed by atoms with van der Waals surface area (Å²) in [7, 11) is 2.16. The lowest BCUT2D eigenvalue weighted by Gasteiger charge is -2.49. The van der Waals surface area contributed by atoms with Crippen LogP contribution in [-0.2, 0) is 10.3 Å². The van der Waals surface area contributed by atoms with Crippen LogP contribution in [0.1, 0.15) is 32.8 Å². The van der Waals surface area contributed by atoms with Crippen molar-refractivity contribution in [3.05, 3.63) is 35.9 Å². The summed E-state index contributed by atoms with van der Waals surface area (Å²) in [5.41, 5.74) is 0.983. The Balaban J connectivity index is 2.43. The summed E-state index contributed by atoms with van der Waals surface area (Å²) in [4.78, 5) is 14.1. The molecule has 0 saturated carbocycles. The first kappa shape index (κ1) is 14.1. The zero-order valence-electron chi connectivity index (χ0n) is 12.3. The van der Waals surface area contributed by atoms with Crippen molar-refractivity contribution in [1.82, 2.24) is 10.2 Å². The molecule has 1 aromatic carbocycles. The molecule has 0 radical (unpaired) electrons. The third-order valence-corrected chi connectivity index (χ3v) is 4.46. The second kappa shape index (κ2) is 5.33. The van der Waals surface area contributed by atoms with E-state index in [1.165, 1.54) is 5.56 Å². The Kier molecular flexibility index (Phi) is 3.95. The summed E-state index contributed by atoms with van der Waals surface area (Å²) in [6.07, 6.45) is 0.953. The second-order valence-electron chi connectivity index (χ2n) is 5.91. The molecule has 3 atom stereocenters. The zero-order chi connectivity index (χ0) is 14.0. The highest BCUT2D eigenvalue weighted by atomic mass is 16.1. The van der Waals surface area contributed by atoms with Crippen molar-refractivity contribution in [3.63, 3.8) is 0 Å². The van der Waals surface area contributed by atoms with Crippen LogP contribution in [0.2, 0.25) is 0 Å². The number of nitrogens with one attached hydrogen (secondary N) is 1. The number of nitrogens with zero attached hydrogens (tertiary/aromatic N) is 1. The number of likely N-dealkylation sites (tertiary alicyclic amines) is 1. The average Bonchev–Trinajstić information content (AvgIpc) is 2.36. The van der Waals surface area contributed by atoms with E-state index in [1.54, 1.807) is 6.92 Å². The first-order valence-corrected chi connectivity index (χ1v) is 7.00. The predicted molar refractivity (Wildman–Crippen MR) is 77.8 cm³/mol. The summed E-state index contributed by atoms with van der Waals surface area (Å²) in [6, 6.07) is 10.8. The summed E-state index contributed by atoms with van der Waals surface area (Å²) >= 11 is 0. The second-order valence-corrected chi connectivity index (χ2v) is 5.91. The number of amides is 1. The van der Waals surface area contributed by atoms with Gasteiger partial charge < -0.3 is 10.2 Å². The number of hydrogen-bond acceptors (Lipinski definition) is 2. The van der Waals surface area contributed by atoms with Crippen molar-refractivity contribution in [2.45, 2.75) is 38.8 Å². The highest BCUT2D eigenvalue weighted by Gasteiger charge is 2.44. The maximum atomic E-state index is 11.7. The molecule has 104 valence electrons. The van der Waals surface area contributed by atoms with Gasteiger partial charge >= 0.3 is 0 Å². The predicted octanol–water partition coefficient (Wildman–Crippen LogP) is 2.38. The van der Waals surface area contributed by atoms with Crippen LogP contribution in [0.15, 0.2) is 30.3 Å². The molecule has 2 rings (SSSR count). The molecular formula is C16H24N2O. The van der Waals surface area contributed by atoms with E-state index in [2.05, 4.69) is 55.4 Å². The number of carbonyl (C=O) groups excluding carboxylic acids is 1. The molecule has 0 aliphatic carbocycles. The standard InChI is InChI=1S/C16H24N2O/c1-12-11-18(4)13(2)10-16(12,17-14(3)19)15-8-6-5-7-9-15/h5-9,12-13H,10-11H2,1-4H3,(H,17,19)/t12-,13-,16+/m0/s1. The van der Waals surface area contributed by atoms with Gasteiger partial charge in [-0.3, -0.25) is 4.79 Å². The number of hydrogen-bond donors (Lipinski definition) is 1. The van der Waals surface area contributed by atoms with Crippen LogP contribution >= 0.6 is 0 Å². The third-order valence-electron chi connectivity index (χ3n) is 4.46. The lowest BCUT2D eigenvalue weighted by molar-refractivity contribution is -0.123. The molecule has 3 nitrogen and oxygen atoms in total. The number of benzene rings is 1. The fourth-order valence-corrected chi connectivity index (χ4v) is 3.29. The monoisotopic (exact) mass is 260 g/mol. The van der Waals surface area contributed by atoms with Crippen molar-refractivity contribution in [3.8, 4) is 0 Å². The van der Waals surface area contributed by atoms with Crippen LogP contribution in [0.5, 0.6) is 0 Å².